The van der Waals surface area contributed by atoms with Crippen LogP contribution < -0.4 is 15.5 Å². The van der Waals surface area contributed by atoms with Gasteiger partial charge in [0, 0.05) is 10.6 Å². The van der Waals surface area contributed by atoms with E-state index in [1.54, 1.807) is 24.7 Å². The summed E-state index contributed by atoms with van der Waals surface area (Å²) in [6.07, 6.45) is 1.73. The molecule has 0 saturated heterocycles. The fourth-order valence-corrected chi connectivity index (χ4v) is 2.11. The topological polar surface area (TPSA) is 45.6 Å². The highest BCUT2D eigenvalue weighted by Gasteiger charge is 1.96. The average molecular weight is 291 g/mol. The van der Waals surface area contributed by atoms with Gasteiger partial charge in [-0.15, -0.1) is 11.3 Å². The maximum absolute atomic E-state index is 5.13. The molecule has 0 saturated carbocycles. The molecule has 0 aliphatic carbocycles. The number of hydrogen-bond donors (Lipinski definition) is 2. The third-order valence-corrected chi connectivity index (χ3v) is 3.25. The first-order chi connectivity index (χ1) is 9.28. The van der Waals surface area contributed by atoms with Gasteiger partial charge in [-0.1, -0.05) is 6.07 Å². The van der Waals surface area contributed by atoms with Crippen molar-refractivity contribution >= 4 is 40.6 Å². The predicted molar refractivity (Wildman–Crippen MR) is 84.3 cm³/mol. The summed E-state index contributed by atoms with van der Waals surface area (Å²) in [5, 5.41) is 9.52. The number of rotatable bonds is 4. The Hall–Kier alpha value is -1.92. The number of ether oxygens (including phenoxy) is 1. The molecule has 0 aliphatic rings. The Morgan fingerprint density at radius 1 is 1.32 bits per heavy atom. The zero-order chi connectivity index (χ0) is 13.5. The molecule has 1 aromatic heterocycles. The van der Waals surface area contributed by atoms with Gasteiger partial charge in [-0.2, -0.15) is 5.10 Å². The summed E-state index contributed by atoms with van der Waals surface area (Å²) < 4.78 is 5.08. The number of hydrazone groups is 1. The minimum atomic E-state index is 0.443. The monoisotopic (exact) mass is 291 g/mol. The van der Waals surface area contributed by atoms with Gasteiger partial charge >= 0.3 is 0 Å². The van der Waals surface area contributed by atoms with Crippen molar-refractivity contribution in [3.8, 4) is 5.75 Å². The third-order valence-electron chi connectivity index (χ3n) is 2.25. The van der Waals surface area contributed by atoms with Gasteiger partial charge in [-0.3, -0.25) is 5.43 Å². The van der Waals surface area contributed by atoms with Gasteiger partial charge in [0.2, 0.25) is 0 Å². The van der Waals surface area contributed by atoms with Crippen LogP contribution in [0.5, 0.6) is 5.75 Å². The minimum absolute atomic E-state index is 0.443. The molecule has 2 rings (SSSR count). The SMILES string of the molecule is COc1ccc(NC(=S)N/N=C\c2cccs2)cc1. The lowest BCUT2D eigenvalue weighted by Crippen LogP contribution is -2.23. The summed E-state index contributed by atoms with van der Waals surface area (Å²) >= 11 is 6.74. The number of methoxy groups -OCH3 is 1. The zero-order valence-corrected chi connectivity index (χ0v) is 11.9. The van der Waals surface area contributed by atoms with Gasteiger partial charge < -0.3 is 10.1 Å². The van der Waals surface area contributed by atoms with Crippen LogP contribution in [0.1, 0.15) is 4.88 Å². The van der Waals surface area contributed by atoms with E-state index in [0.29, 0.717) is 5.11 Å². The van der Waals surface area contributed by atoms with Gasteiger partial charge in [0.1, 0.15) is 5.75 Å². The second kappa shape index (κ2) is 6.86. The number of nitrogens with zero attached hydrogens (tertiary/aromatic N) is 1. The van der Waals surface area contributed by atoms with E-state index in [1.807, 2.05) is 41.8 Å². The fourth-order valence-electron chi connectivity index (χ4n) is 1.35. The third kappa shape index (κ3) is 4.35. The summed E-state index contributed by atoms with van der Waals surface area (Å²) in [4.78, 5) is 1.07. The number of nitrogens with one attached hydrogen (secondary N) is 2. The molecular weight excluding hydrogens is 278 g/mol. The van der Waals surface area contributed by atoms with Crippen molar-refractivity contribution in [3.63, 3.8) is 0 Å². The molecule has 0 fully saturated rings. The second-order valence-corrected chi connectivity index (χ2v) is 4.96. The largest absolute Gasteiger partial charge is 0.497 e. The van der Waals surface area contributed by atoms with Crippen LogP contribution in [0.4, 0.5) is 5.69 Å². The van der Waals surface area contributed by atoms with Crippen LogP contribution in [0.3, 0.4) is 0 Å². The molecule has 19 heavy (non-hydrogen) atoms. The molecule has 0 amide bonds. The second-order valence-electron chi connectivity index (χ2n) is 3.57. The van der Waals surface area contributed by atoms with Crippen molar-refractivity contribution in [2.75, 3.05) is 12.4 Å². The van der Waals surface area contributed by atoms with Gasteiger partial charge in [0.25, 0.3) is 0 Å². The first-order valence-electron chi connectivity index (χ1n) is 5.55. The zero-order valence-electron chi connectivity index (χ0n) is 10.3. The summed E-state index contributed by atoms with van der Waals surface area (Å²) in [6, 6.07) is 11.4. The van der Waals surface area contributed by atoms with Crippen LogP contribution in [0.2, 0.25) is 0 Å². The molecule has 0 unspecified atom stereocenters. The van der Waals surface area contributed by atoms with E-state index in [2.05, 4.69) is 15.8 Å². The standard InChI is InChI=1S/C13H13N3OS2/c1-17-11-6-4-10(5-7-11)15-13(18)16-14-9-12-3-2-8-19-12/h2-9H,1H3,(H2,15,16,18)/b14-9-. The Bertz CT molecular complexity index is 550. The van der Waals surface area contributed by atoms with Gasteiger partial charge in [-0.05, 0) is 47.9 Å². The van der Waals surface area contributed by atoms with Crippen LogP contribution in [0.25, 0.3) is 0 Å². The lowest BCUT2D eigenvalue weighted by Gasteiger charge is -2.07. The van der Waals surface area contributed by atoms with Crippen LogP contribution in [-0.2, 0) is 0 Å². The number of thiocarbonyl (C=S) groups is 1. The normalized spacial score (nSPS) is 10.4. The van der Waals surface area contributed by atoms with Gasteiger partial charge in [0.05, 0.1) is 13.3 Å². The Morgan fingerprint density at radius 2 is 2.11 bits per heavy atom. The van der Waals surface area contributed by atoms with Crippen LogP contribution in [0.15, 0.2) is 46.9 Å². The maximum Gasteiger partial charge on any atom is 0.191 e. The first-order valence-corrected chi connectivity index (χ1v) is 6.84. The molecule has 0 radical (unpaired) electrons. The van der Waals surface area contributed by atoms with E-state index in [9.17, 15) is 0 Å². The maximum atomic E-state index is 5.13. The summed E-state index contributed by atoms with van der Waals surface area (Å²) in [5.41, 5.74) is 3.64. The van der Waals surface area contributed by atoms with E-state index in [-0.39, 0.29) is 0 Å². The van der Waals surface area contributed by atoms with Gasteiger partial charge in [-0.25, -0.2) is 0 Å². The van der Waals surface area contributed by atoms with Gasteiger partial charge in [0.15, 0.2) is 5.11 Å². The molecule has 0 bridgehead atoms. The molecule has 0 aliphatic heterocycles. The molecule has 0 atom stereocenters. The molecule has 0 spiro atoms. The first kappa shape index (κ1) is 13.5. The Balaban J connectivity index is 1.83. The van der Waals surface area contributed by atoms with Crippen molar-refractivity contribution in [1.29, 1.82) is 0 Å². The molecule has 2 aromatic rings. The number of anilines is 1. The van der Waals surface area contributed by atoms with Crippen molar-refractivity contribution in [2.24, 2.45) is 5.10 Å². The van der Waals surface area contributed by atoms with Crippen molar-refractivity contribution in [1.82, 2.24) is 5.43 Å². The predicted octanol–water partition coefficient (Wildman–Crippen LogP) is 3.08. The number of benzene rings is 1. The van der Waals surface area contributed by atoms with Crippen molar-refractivity contribution < 1.29 is 4.74 Å². The summed E-state index contributed by atoms with van der Waals surface area (Å²) in [7, 11) is 1.63. The minimum Gasteiger partial charge on any atom is -0.497 e. The molecule has 1 aromatic carbocycles. The Kier molecular flexibility index (Phi) is 4.88. The highest BCUT2D eigenvalue weighted by molar-refractivity contribution is 7.80. The van der Waals surface area contributed by atoms with E-state index in [4.69, 9.17) is 17.0 Å². The smallest absolute Gasteiger partial charge is 0.191 e. The van der Waals surface area contributed by atoms with Crippen LogP contribution in [0, 0.1) is 0 Å². The van der Waals surface area contributed by atoms with Crippen molar-refractivity contribution in [3.05, 3.63) is 46.7 Å². The molecule has 2 N–H and O–H groups in total. The molecule has 4 nitrogen and oxygen atoms in total. The molecular formula is C13H13N3OS2. The van der Waals surface area contributed by atoms with Crippen molar-refractivity contribution in [2.45, 2.75) is 0 Å². The van der Waals surface area contributed by atoms with E-state index < -0.39 is 0 Å². The Morgan fingerprint density at radius 3 is 2.74 bits per heavy atom. The lowest BCUT2D eigenvalue weighted by atomic mass is 10.3. The molecule has 98 valence electrons. The highest BCUT2D eigenvalue weighted by Crippen LogP contribution is 2.14. The summed E-state index contributed by atoms with van der Waals surface area (Å²) in [6.45, 7) is 0. The number of hydrogen-bond acceptors (Lipinski definition) is 4. The fraction of sp³-hybridized carbons (Fsp3) is 0.0769. The Labute approximate surface area is 121 Å². The van der Waals surface area contributed by atoms with Crippen LogP contribution >= 0.6 is 23.6 Å². The number of thiophene rings is 1. The lowest BCUT2D eigenvalue weighted by molar-refractivity contribution is 0.415. The van der Waals surface area contributed by atoms with Crippen LogP contribution in [-0.4, -0.2) is 18.4 Å². The van der Waals surface area contributed by atoms with E-state index in [1.165, 1.54) is 0 Å². The quantitative estimate of drug-likeness (QED) is 0.516. The van der Waals surface area contributed by atoms with E-state index >= 15 is 0 Å². The molecule has 1 heterocycles. The summed E-state index contributed by atoms with van der Waals surface area (Å²) in [5.74, 6) is 0.806. The average Bonchev–Trinajstić information content (AvgIpc) is 2.93. The van der Waals surface area contributed by atoms with E-state index in [0.717, 1.165) is 16.3 Å². The molecule has 6 heteroatoms. The highest BCUT2D eigenvalue weighted by atomic mass is 32.1.